The molecular weight excluding hydrogens is 413 g/mol. The summed E-state index contributed by atoms with van der Waals surface area (Å²) < 4.78 is 52.1. The van der Waals surface area contributed by atoms with Crippen LogP contribution in [0.2, 0.25) is 0 Å². The maximum absolute atomic E-state index is 13.8. The van der Waals surface area contributed by atoms with Crippen LogP contribution in [0, 0.1) is 0 Å². The van der Waals surface area contributed by atoms with Gasteiger partial charge in [-0.3, -0.25) is 4.90 Å². The van der Waals surface area contributed by atoms with Gasteiger partial charge in [0.15, 0.2) is 11.5 Å². The van der Waals surface area contributed by atoms with Gasteiger partial charge in [0.25, 0.3) is 0 Å². The molecule has 0 radical (unpaired) electrons. The summed E-state index contributed by atoms with van der Waals surface area (Å²) in [6.45, 7) is 8.56. The molecule has 0 bridgehead atoms. The summed E-state index contributed by atoms with van der Waals surface area (Å²) in [7, 11) is 0. The van der Waals surface area contributed by atoms with Gasteiger partial charge in [-0.1, -0.05) is 13.8 Å². The molecule has 1 heterocycles. The number of aliphatic hydroxyl groups excluding tert-OH is 1. The lowest BCUT2D eigenvalue weighted by Crippen LogP contribution is -2.46. The smallest absolute Gasteiger partial charge is 0.420 e. The number of fused-ring (bicyclic) bond motifs is 1. The van der Waals surface area contributed by atoms with E-state index >= 15 is 0 Å². The number of aromatic nitrogens is 1. The van der Waals surface area contributed by atoms with Crippen molar-refractivity contribution in [3.05, 3.63) is 29.2 Å². The van der Waals surface area contributed by atoms with Gasteiger partial charge in [0, 0.05) is 12.5 Å². The van der Waals surface area contributed by atoms with Crippen LogP contribution in [0.4, 0.5) is 18.0 Å². The average molecular weight is 442 g/mol. The zero-order chi connectivity index (χ0) is 23.1. The Kier molecular flexibility index (Phi) is 6.28. The number of carbonyl (C=O) groups is 1. The number of oxazole rings is 1. The van der Waals surface area contributed by atoms with Crippen LogP contribution in [0.25, 0.3) is 11.1 Å². The Balaban J connectivity index is 2.03. The fourth-order valence-electron chi connectivity index (χ4n) is 3.78. The van der Waals surface area contributed by atoms with Gasteiger partial charge in [0.2, 0.25) is 0 Å². The largest absolute Gasteiger partial charge is 0.444 e. The van der Waals surface area contributed by atoms with E-state index < -0.39 is 35.6 Å². The van der Waals surface area contributed by atoms with E-state index in [0.29, 0.717) is 12.8 Å². The highest BCUT2D eigenvalue weighted by Gasteiger charge is 2.38. The molecule has 0 saturated heterocycles. The minimum Gasteiger partial charge on any atom is -0.444 e. The van der Waals surface area contributed by atoms with Crippen LogP contribution < -0.4 is 0 Å². The molecule has 1 aromatic carbocycles. The molecule has 9 heteroatoms. The van der Waals surface area contributed by atoms with Gasteiger partial charge in [-0.15, -0.1) is 0 Å². The van der Waals surface area contributed by atoms with Crippen molar-refractivity contribution in [2.75, 3.05) is 0 Å². The van der Waals surface area contributed by atoms with E-state index in [9.17, 15) is 23.1 Å². The van der Waals surface area contributed by atoms with Crippen LogP contribution in [0.3, 0.4) is 0 Å². The van der Waals surface area contributed by atoms with Gasteiger partial charge in [-0.25, -0.2) is 9.78 Å². The number of amides is 1. The van der Waals surface area contributed by atoms with Crippen molar-refractivity contribution in [3.63, 3.8) is 0 Å². The summed E-state index contributed by atoms with van der Waals surface area (Å²) in [6.07, 6.45) is -4.27. The standard InChI is InChI=1S/C22H29F3N2O4/c1-12(2)19-26-15-10-13(9-14(18(15)30-19)22(23,24)25)11-27(16-7-6-8-17(16)28)20(29)31-21(3,4)5/h9-10,12,16-17,28H,6-8,11H2,1-5H3. The topological polar surface area (TPSA) is 75.8 Å². The van der Waals surface area contributed by atoms with Gasteiger partial charge in [0.05, 0.1) is 12.1 Å². The van der Waals surface area contributed by atoms with Crippen molar-refractivity contribution in [1.29, 1.82) is 0 Å². The molecule has 2 unspecified atom stereocenters. The van der Waals surface area contributed by atoms with E-state index in [0.717, 1.165) is 12.5 Å². The molecule has 2 aromatic rings. The summed E-state index contributed by atoms with van der Waals surface area (Å²) in [5, 5.41) is 10.3. The summed E-state index contributed by atoms with van der Waals surface area (Å²) >= 11 is 0. The van der Waals surface area contributed by atoms with Gasteiger partial charge in [-0.2, -0.15) is 13.2 Å². The molecule has 31 heavy (non-hydrogen) atoms. The Morgan fingerprint density at radius 2 is 1.97 bits per heavy atom. The van der Waals surface area contributed by atoms with Gasteiger partial charge >= 0.3 is 12.3 Å². The number of carbonyl (C=O) groups excluding carboxylic acids is 1. The van der Waals surface area contributed by atoms with Crippen molar-refractivity contribution in [3.8, 4) is 0 Å². The Morgan fingerprint density at radius 3 is 2.48 bits per heavy atom. The molecule has 2 atom stereocenters. The number of alkyl halides is 3. The number of nitrogens with zero attached hydrogens (tertiary/aromatic N) is 2. The number of benzene rings is 1. The molecule has 1 fully saturated rings. The van der Waals surface area contributed by atoms with Crippen molar-refractivity contribution >= 4 is 17.2 Å². The lowest BCUT2D eigenvalue weighted by Gasteiger charge is -2.33. The second-order valence-electron chi connectivity index (χ2n) is 9.37. The van der Waals surface area contributed by atoms with Gasteiger partial charge in [-0.05, 0) is 57.7 Å². The highest BCUT2D eigenvalue weighted by molar-refractivity contribution is 5.78. The van der Waals surface area contributed by atoms with Crippen LogP contribution in [0.1, 0.15) is 76.8 Å². The number of aliphatic hydroxyl groups is 1. The van der Waals surface area contributed by atoms with Crippen LogP contribution in [-0.4, -0.2) is 38.8 Å². The first-order valence-electron chi connectivity index (χ1n) is 10.4. The monoisotopic (exact) mass is 442 g/mol. The first kappa shape index (κ1) is 23.4. The quantitative estimate of drug-likeness (QED) is 0.665. The van der Waals surface area contributed by atoms with Gasteiger partial charge in [0.1, 0.15) is 16.7 Å². The normalized spacial score (nSPS) is 19.9. The molecule has 1 aromatic heterocycles. The summed E-state index contributed by atoms with van der Waals surface area (Å²) in [6, 6.07) is 1.96. The van der Waals surface area contributed by atoms with Crippen molar-refractivity contribution in [1.82, 2.24) is 9.88 Å². The lowest BCUT2D eigenvalue weighted by atomic mass is 10.1. The van der Waals surface area contributed by atoms with E-state index in [-0.39, 0.29) is 35.0 Å². The molecule has 1 saturated carbocycles. The Morgan fingerprint density at radius 1 is 1.29 bits per heavy atom. The van der Waals surface area contributed by atoms with Crippen molar-refractivity contribution in [2.24, 2.45) is 0 Å². The molecule has 1 aliphatic rings. The second-order valence-corrected chi connectivity index (χ2v) is 9.37. The Hall–Kier alpha value is -2.29. The molecule has 1 amide bonds. The van der Waals surface area contributed by atoms with Crippen LogP contribution in [0.5, 0.6) is 0 Å². The number of hydrogen-bond acceptors (Lipinski definition) is 5. The molecule has 6 nitrogen and oxygen atoms in total. The van der Waals surface area contributed by atoms with E-state index in [2.05, 4.69) is 4.98 Å². The van der Waals surface area contributed by atoms with Crippen molar-refractivity contribution < 1.29 is 32.2 Å². The van der Waals surface area contributed by atoms with Crippen LogP contribution >= 0.6 is 0 Å². The third-order valence-electron chi connectivity index (χ3n) is 5.19. The minimum atomic E-state index is -4.65. The molecular formula is C22H29F3N2O4. The highest BCUT2D eigenvalue weighted by Crippen LogP contribution is 2.38. The Bertz CT molecular complexity index is 947. The van der Waals surface area contributed by atoms with E-state index in [1.807, 2.05) is 0 Å². The van der Waals surface area contributed by atoms with Crippen LogP contribution in [-0.2, 0) is 17.5 Å². The predicted molar refractivity (Wildman–Crippen MR) is 109 cm³/mol. The molecule has 1 N–H and O–H groups in total. The third-order valence-corrected chi connectivity index (χ3v) is 5.19. The van der Waals surface area contributed by atoms with Crippen molar-refractivity contribution in [2.45, 2.75) is 90.3 Å². The summed E-state index contributed by atoms with van der Waals surface area (Å²) in [5.74, 6) is 0.0386. The summed E-state index contributed by atoms with van der Waals surface area (Å²) in [4.78, 5) is 18.4. The number of hydrogen-bond donors (Lipinski definition) is 1. The first-order valence-corrected chi connectivity index (χ1v) is 10.4. The second kappa shape index (κ2) is 8.33. The third kappa shape index (κ3) is 5.31. The number of rotatable bonds is 4. The highest BCUT2D eigenvalue weighted by atomic mass is 19.4. The average Bonchev–Trinajstić information content (AvgIpc) is 3.22. The van der Waals surface area contributed by atoms with E-state index in [1.165, 1.54) is 11.0 Å². The molecule has 0 aliphatic heterocycles. The molecule has 1 aliphatic carbocycles. The maximum atomic E-state index is 13.8. The minimum absolute atomic E-state index is 0.0876. The Labute approximate surface area is 179 Å². The molecule has 3 rings (SSSR count). The number of ether oxygens (including phenoxy) is 1. The summed E-state index contributed by atoms with van der Waals surface area (Å²) in [5.41, 5.74) is -1.70. The van der Waals surface area contributed by atoms with E-state index in [4.69, 9.17) is 9.15 Å². The van der Waals surface area contributed by atoms with Crippen LogP contribution in [0.15, 0.2) is 16.5 Å². The fraction of sp³-hybridized carbons (Fsp3) is 0.636. The molecule has 172 valence electrons. The zero-order valence-corrected chi connectivity index (χ0v) is 18.4. The fourth-order valence-corrected chi connectivity index (χ4v) is 3.78. The number of halogens is 3. The first-order chi connectivity index (χ1) is 14.3. The van der Waals surface area contributed by atoms with E-state index in [1.54, 1.807) is 34.6 Å². The SMILES string of the molecule is CC(C)c1nc2cc(CN(C(=O)OC(C)(C)C)C3CCCC3O)cc(C(F)(F)F)c2o1. The molecule has 0 spiro atoms. The van der Waals surface area contributed by atoms with Gasteiger partial charge < -0.3 is 14.3 Å². The predicted octanol–water partition coefficient (Wildman–Crippen LogP) is 5.62. The lowest BCUT2D eigenvalue weighted by molar-refractivity contribution is -0.136. The maximum Gasteiger partial charge on any atom is 0.420 e. The zero-order valence-electron chi connectivity index (χ0n) is 18.4.